The van der Waals surface area contributed by atoms with Crippen LogP contribution in [-0.4, -0.2) is 42.5 Å². The number of primary amides is 1. The van der Waals surface area contributed by atoms with Crippen molar-refractivity contribution in [3.63, 3.8) is 0 Å². The Hall–Kier alpha value is -0.610. The van der Waals surface area contributed by atoms with Gasteiger partial charge in [-0.2, -0.15) is 0 Å². The highest BCUT2D eigenvalue weighted by Gasteiger charge is 2.41. The molecule has 92 valence electrons. The number of rotatable bonds is 4. The van der Waals surface area contributed by atoms with E-state index in [4.69, 9.17) is 5.73 Å². The molecule has 1 heterocycles. The number of nitrogens with zero attached hydrogens (tertiary/aromatic N) is 1. The van der Waals surface area contributed by atoms with Crippen molar-refractivity contribution in [2.75, 3.05) is 26.2 Å². The standard InChI is InChI=1S/C12H23N3O/c1-12(11(13)16,9-10-3-2-4-10)15-7-5-14-6-8-15/h10,14H,2-9H2,1H3,(H2,13,16). The first-order valence-electron chi connectivity index (χ1n) is 6.38. The fourth-order valence-corrected chi connectivity index (χ4v) is 2.80. The average molecular weight is 225 g/mol. The molecule has 4 heteroatoms. The van der Waals surface area contributed by atoms with Gasteiger partial charge in [-0.3, -0.25) is 9.69 Å². The number of carbonyl (C=O) groups is 1. The van der Waals surface area contributed by atoms with E-state index < -0.39 is 5.54 Å². The van der Waals surface area contributed by atoms with E-state index >= 15 is 0 Å². The van der Waals surface area contributed by atoms with Gasteiger partial charge in [-0.1, -0.05) is 19.3 Å². The molecule has 2 aliphatic rings. The van der Waals surface area contributed by atoms with Crippen LogP contribution in [0.25, 0.3) is 0 Å². The van der Waals surface area contributed by atoms with Gasteiger partial charge in [0.05, 0.1) is 5.54 Å². The second-order valence-electron chi connectivity index (χ2n) is 5.38. The third kappa shape index (κ3) is 2.23. The Morgan fingerprint density at radius 1 is 1.44 bits per heavy atom. The maximum Gasteiger partial charge on any atom is 0.237 e. The molecule has 1 atom stereocenters. The van der Waals surface area contributed by atoms with Gasteiger partial charge in [-0.25, -0.2) is 0 Å². The quantitative estimate of drug-likeness (QED) is 0.725. The number of hydrogen-bond donors (Lipinski definition) is 2. The summed E-state index contributed by atoms with van der Waals surface area (Å²) in [7, 11) is 0. The number of carbonyl (C=O) groups excluding carboxylic acids is 1. The van der Waals surface area contributed by atoms with Gasteiger partial charge in [0.25, 0.3) is 0 Å². The summed E-state index contributed by atoms with van der Waals surface area (Å²) >= 11 is 0. The number of nitrogens with one attached hydrogen (secondary N) is 1. The summed E-state index contributed by atoms with van der Waals surface area (Å²) in [5.74, 6) is 0.564. The maximum absolute atomic E-state index is 11.8. The number of amides is 1. The number of nitrogens with two attached hydrogens (primary N) is 1. The first kappa shape index (κ1) is 11.9. The van der Waals surface area contributed by atoms with Gasteiger partial charge in [-0.15, -0.1) is 0 Å². The lowest BCUT2D eigenvalue weighted by molar-refractivity contribution is -0.131. The van der Waals surface area contributed by atoms with Crippen molar-refractivity contribution in [1.82, 2.24) is 10.2 Å². The van der Waals surface area contributed by atoms with Gasteiger partial charge >= 0.3 is 0 Å². The predicted molar refractivity (Wildman–Crippen MR) is 64.0 cm³/mol. The van der Waals surface area contributed by atoms with Gasteiger partial charge in [0, 0.05) is 26.2 Å². The minimum atomic E-state index is -0.423. The van der Waals surface area contributed by atoms with Crippen LogP contribution in [0.2, 0.25) is 0 Å². The van der Waals surface area contributed by atoms with Crippen LogP contribution in [-0.2, 0) is 4.79 Å². The first-order chi connectivity index (χ1) is 7.63. The zero-order valence-electron chi connectivity index (χ0n) is 10.2. The summed E-state index contributed by atoms with van der Waals surface area (Å²) in [5.41, 5.74) is 5.20. The summed E-state index contributed by atoms with van der Waals surface area (Å²) in [6.07, 6.45) is 4.81. The average Bonchev–Trinajstić information content (AvgIpc) is 2.24. The van der Waals surface area contributed by atoms with Crippen LogP contribution in [0.1, 0.15) is 32.6 Å². The van der Waals surface area contributed by atoms with Crippen LogP contribution >= 0.6 is 0 Å². The molecule has 0 aromatic heterocycles. The van der Waals surface area contributed by atoms with E-state index in [1.165, 1.54) is 19.3 Å². The van der Waals surface area contributed by atoms with Crippen LogP contribution in [0.3, 0.4) is 0 Å². The Morgan fingerprint density at radius 3 is 2.50 bits per heavy atom. The summed E-state index contributed by atoms with van der Waals surface area (Å²) in [4.78, 5) is 14.0. The third-order valence-corrected chi connectivity index (χ3v) is 4.26. The molecule has 0 aromatic carbocycles. The van der Waals surface area contributed by atoms with Crippen LogP contribution in [0.4, 0.5) is 0 Å². The fourth-order valence-electron chi connectivity index (χ4n) is 2.80. The van der Waals surface area contributed by atoms with Gasteiger partial charge in [0.15, 0.2) is 0 Å². The van der Waals surface area contributed by atoms with Gasteiger partial charge in [0.1, 0.15) is 0 Å². The minimum absolute atomic E-state index is 0.152. The van der Waals surface area contributed by atoms with E-state index in [1.807, 2.05) is 6.92 Å². The third-order valence-electron chi connectivity index (χ3n) is 4.26. The van der Waals surface area contributed by atoms with Gasteiger partial charge in [0.2, 0.25) is 5.91 Å². The minimum Gasteiger partial charge on any atom is -0.368 e. The smallest absolute Gasteiger partial charge is 0.237 e. The molecular weight excluding hydrogens is 202 g/mol. The molecule has 0 aromatic rings. The molecule has 3 N–H and O–H groups in total. The number of hydrogen-bond acceptors (Lipinski definition) is 3. The normalized spacial score (nSPS) is 27.1. The first-order valence-corrected chi connectivity index (χ1v) is 6.38. The van der Waals surface area contributed by atoms with Crippen LogP contribution in [0.15, 0.2) is 0 Å². The molecular formula is C12H23N3O. The molecule has 0 radical (unpaired) electrons. The summed E-state index contributed by atoms with van der Waals surface area (Å²) < 4.78 is 0. The molecule has 1 saturated carbocycles. The molecule has 2 fully saturated rings. The molecule has 1 saturated heterocycles. The van der Waals surface area contributed by atoms with Crippen LogP contribution in [0, 0.1) is 5.92 Å². The van der Waals surface area contributed by atoms with Crippen molar-refractivity contribution in [3.05, 3.63) is 0 Å². The van der Waals surface area contributed by atoms with E-state index in [1.54, 1.807) is 0 Å². The Bertz CT molecular complexity index is 259. The maximum atomic E-state index is 11.8. The Labute approximate surface area is 97.6 Å². The second kappa shape index (κ2) is 4.72. The highest BCUT2D eigenvalue weighted by Crippen LogP contribution is 2.36. The Balaban J connectivity index is 2.03. The molecule has 1 aliphatic carbocycles. The van der Waals surface area contributed by atoms with Crippen molar-refractivity contribution >= 4 is 5.91 Å². The van der Waals surface area contributed by atoms with E-state index in [2.05, 4.69) is 10.2 Å². The summed E-state index contributed by atoms with van der Waals surface area (Å²) in [5, 5.41) is 3.31. The van der Waals surface area contributed by atoms with E-state index in [0.717, 1.165) is 32.6 Å². The topological polar surface area (TPSA) is 58.4 Å². The zero-order chi connectivity index (χ0) is 11.6. The largest absolute Gasteiger partial charge is 0.368 e. The Morgan fingerprint density at radius 2 is 2.06 bits per heavy atom. The van der Waals surface area contributed by atoms with Gasteiger partial charge < -0.3 is 11.1 Å². The lowest BCUT2D eigenvalue weighted by atomic mass is 9.75. The van der Waals surface area contributed by atoms with E-state index in [9.17, 15) is 4.79 Å². The van der Waals surface area contributed by atoms with Crippen molar-refractivity contribution < 1.29 is 4.79 Å². The van der Waals surface area contributed by atoms with Gasteiger partial charge in [-0.05, 0) is 19.3 Å². The van der Waals surface area contributed by atoms with Crippen LogP contribution < -0.4 is 11.1 Å². The molecule has 4 nitrogen and oxygen atoms in total. The number of piperazine rings is 1. The second-order valence-corrected chi connectivity index (χ2v) is 5.38. The molecule has 16 heavy (non-hydrogen) atoms. The predicted octanol–water partition coefficient (Wildman–Crippen LogP) is 0.326. The highest BCUT2D eigenvalue weighted by atomic mass is 16.1. The SMILES string of the molecule is CC(CC1CCC1)(C(N)=O)N1CCNCC1. The van der Waals surface area contributed by atoms with E-state index in [0.29, 0.717) is 5.92 Å². The zero-order valence-corrected chi connectivity index (χ0v) is 10.2. The molecule has 1 unspecified atom stereocenters. The molecule has 2 rings (SSSR count). The van der Waals surface area contributed by atoms with Crippen molar-refractivity contribution in [3.8, 4) is 0 Å². The van der Waals surface area contributed by atoms with Crippen LogP contribution in [0.5, 0.6) is 0 Å². The monoisotopic (exact) mass is 225 g/mol. The lowest BCUT2D eigenvalue weighted by Gasteiger charge is -2.44. The Kier molecular flexibility index (Phi) is 3.50. The summed E-state index contributed by atoms with van der Waals surface area (Å²) in [6.45, 7) is 5.83. The van der Waals surface area contributed by atoms with Crippen molar-refractivity contribution in [2.45, 2.75) is 38.1 Å². The highest BCUT2D eigenvalue weighted by molar-refractivity contribution is 5.84. The van der Waals surface area contributed by atoms with Crippen molar-refractivity contribution in [1.29, 1.82) is 0 Å². The lowest BCUT2D eigenvalue weighted by Crippen LogP contribution is -2.61. The summed E-state index contributed by atoms with van der Waals surface area (Å²) in [6, 6.07) is 0. The molecule has 0 bridgehead atoms. The molecule has 1 amide bonds. The molecule has 0 spiro atoms. The van der Waals surface area contributed by atoms with Crippen molar-refractivity contribution in [2.24, 2.45) is 11.7 Å². The molecule has 1 aliphatic heterocycles. The van der Waals surface area contributed by atoms with E-state index in [-0.39, 0.29) is 5.91 Å². The fraction of sp³-hybridized carbons (Fsp3) is 0.917.